The van der Waals surface area contributed by atoms with Gasteiger partial charge in [-0.1, -0.05) is 24.3 Å². The third-order valence-corrected chi connectivity index (χ3v) is 4.55. The predicted molar refractivity (Wildman–Crippen MR) is 79.7 cm³/mol. The van der Waals surface area contributed by atoms with Gasteiger partial charge in [-0.15, -0.1) is 0 Å². The second-order valence-electron chi connectivity index (χ2n) is 4.97. The molecule has 0 heterocycles. The van der Waals surface area contributed by atoms with Gasteiger partial charge in [-0.2, -0.15) is 0 Å². The highest BCUT2D eigenvalue weighted by Gasteiger charge is 2.38. The van der Waals surface area contributed by atoms with Crippen LogP contribution in [-0.4, -0.2) is 0 Å². The molecule has 0 radical (unpaired) electrons. The van der Waals surface area contributed by atoms with Crippen molar-refractivity contribution < 1.29 is 4.39 Å². The third kappa shape index (κ3) is 1.41. The molecule has 0 N–H and O–H groups in total. The van der Waals surface area contributed by atoms with Gasteiger partial charge in [-0.3, -0.25) is 0 Å². The zero-order chi connectivity index (χ0) is 12.3. The molecule has 18 heavy (non-hydrogen) atoms. The summed E-state index contributed by atoms with van der Waals surface area (Å²) in [4.78, 5) is 0. The van der Waals surface area contributed by atoms with Gasteiger partial charge in [0, 0.05) is 15.4 Å². The summed E-state index contributed by atoms with van der Waals surface area (Å²) in [6.45, 7) is 0. The molecular weight excluding hydrogens is 338 g/mol. The van der Waals surface area contributed by atoms with E-state index in [0.717, 1.165) is 11.1 Å². The number of hydrogen-bond donors (Lipinski definition) is 0. The molecule has 0 fully saturated rings. The molecule has 0 aliphatic heterocycles. The monoisotopic (exact) mass is 348 g/mol. The molecular formula is C16H10FI. The molecule has 0 nitrogen and oxygen atoms in total. The lowest BCUT2D eigenvalue weighted by Crippen LogP contribution is -2.28. The molecule has 4 rings (SSSR count). The smallest absolute Gasteiger partial charge is 0.123 e. The van der Waals surface area contributed by atoms with Crippen molar-refractivity contribution in [3.8, 4) is 0 Å². The van der Waals surface area contributed by atoms with Crippen LogP contribution in [-0.2, 0) is 0 Å². The molecule has 4 aliphatic carbocycles. The lowest BCUT2D eigenvalue weighted by molar-refractivity contribution is 0.548. The molecule has 0 spiro atoms. The third-order valence-electron chi connectivity index (χ3n) is 3.92. The molecule has 0 aromatic carbocycles. The molecule has 2 unspecified atom stereocenters. The Bertz CT molecular complexity index is 607. The van der Waals surface area contributed by atoms with Gasteiger partial charge in [0.1, 0.15) is 5.83 Å². The van der Waals surface area contributed by atoms with Gasteiger partial charge < -0.3 is 0 Å². The maximum Gasteiger partial charge on any atom is 0.123 e. The highest BCUT2D eigenvalue weighted by molar-refractivity contribution is 14.1. The average molecular weight is 348 g/mol. The van der Waals surface area contributed by atoms with E-state index in [1.807, 2.05) is 0 Å². The first-order valence-corrected chi connectivity index (χ1v) is 7.08. The van der Waals surface area contributed by atoms with Crippen molar-refractivity contribution in [2.75, 3.05) is 0 Å². The minimum Gasteiger partial charge on any atom is -0.207 e. The number of rotatable bonds is 0. The Labute approximate surface area is 119 Å². The van der Waals surface area contributed by atoms with E-state index >= 15 is 0 Å². The van der Waals surface area contributed by atoms with E-state index in [-0.39, 0.29) is 5.83 Å². The molecule has 0 aromatic heterocycles. The van der Waals surface area contributed by atoms with E-state index in [4.69, 9.17) is 0 Å². The minimum atomic E-state index is -0.137. The van der Waals surface area contributed by atoms with Gasteiger partial charge in [0.25, 0.3) is 0 Å². The van der Waals surface area contributed by atoms with E-state index in [0.29, 0.717) is 11.8 Å². The SMILES string of the molecule is FC1=CC2=CC=C3C=C(I)C=C4C=CC(=C1)C2C34. The summed E-state index contributed by atoms with van der Waals surface area (Å²) >= 11 is 2.36. The van der Waals surface area contributed by atoms with E-state index in [1.165, 1.54) is 14.7 Å². The summed E-state index contributed by atoms with van der Waals surface area (Å²) in [6.07, 6.45) is 16.2. The van der Waals surface area contributed by atoms with Crippen molar-refractivity contribution in [3.05, 3.63) is 80.3 Å². The maximum atomic E-state index is 13.6. The fourth-order valence-corrected chi connectivity index (χ4v) is 3.95. The maximum absolute atomic E-state index is 13.6. The summed E-state index contributed by atoms with van der Waals surface area (Å²) < 4.78 is 14.8. The van der Waals surface area contributed by atoms with Gasteiger partial charge in [0.05, 0.1) is 0 Å². The topological polar surface area (TPSA) is 0 Å². The van der Waals surface area contributed by atoms with Crippen molar-refractivity contribution >= 4 is 22.6 Å². The Balaban J connectivity index is 2.00. The van der Waals surface area contributed by atoms with Crippen LogP contribution in [0.1, 0.15) is 0 Å². The Kier molecular flexibility index (Phi) is 2.19. The quantitative estimate of drug-likeness (QED) is 0.557. The Hall–Kier alpha value is -1.16. The first-order valence-electron chi connectivity index (χ1n) is 6.00. The molecule has 0 bridgehead atoms. The first kappa shape index (κ1) is 10.7. The van der Waals surface area contributed by atoms with Crippen molar-refractivity contribution in [2.45, 2.75) is 0 Å². The van der Waals surface area contributed by atoms with E-state index in [9.17, 15) is 4.39 Å². The first-order chi connectivity index (χ1) is 8.72. The number of hydrogen-bond acceptors (Lipinski definition) is 0. The molecule has 88 valence electrons. The van der Waals surface area contributed by atoms with E-state index < -0.39 is 0 Å². The van der Waals surface area contributed by atoms with Crippen LogP contribution in [0.4, 0.5) is 4.39 Å². The normalized spacial score (nSPS) is 31.4. The zero-order valence-electron chi connectivity index (χ0n) is 9.53. The van der Waals surface area contributed by atoms with Crippen LogP contribution in [0.25, 0.3) is 0 Å². The number of allylic oxidation sites excluding steroid dienone is 14. The largest absolute Gasteiger partial charge is 0.207 e. The van der Waals surface area contributed by atoms with Crippen LogP contribution in [0, 0.1) is 11.8 Å². The summed E-state index contributed by atoms with van der Waals surface area (Å²) in [7, 11) is 0. The second-order valence-corrected chi connectivity index (χ2v) is 6.21. The Morgan fingerprint density at radius 2 is 1.39 bits per heavy atom. The van der Waals surface area contributed by atoms with Crippen LogP contribution in [0.2, 0.25) is 0 Å². The molecule has 0 aromatic rings. The molecule has 0 amide bonds. The van der Waals surface area contributed by atoms with E-state index in [1.54, 1.807) is 12.2 Å². The predicted octanol–water partition coefficient (Wildman–Crippen LogP) is 4.71. The summed E-state index contributed by atoms with van der Waals surface area (Å²) in [5.41, 5.74) is 4.88. The summed E-state index contributed by atoms with van der Waals surface area (Å²) in [6, 6.07) is 0. The highest BCUT2D eigenvalue weighted by atomic mass is 127. The number of halogens is 2. The van der Waals surface area contributed by atoms with Gasteiger partial charge >= 0.3 is 0 Å². The van der Waals surface area contributed by atoms with Gasteiger partial charge in [0.15, 0.2) is 0 Å². The molecule has 0 saturated carbocycles. The van der Waals surface area contributed by atoms with Gasteiger partial charge in [0.2, 0.25) is 0 Å². The average Bonchev–Trinajstić information content (AvgIpc) is 2.34. The Morgan fingerprint density at radius 3 is 2.11 bits per heavy atom. The molecule has 2 atom stereocenters. The summed E-state index contributed by atoms with van der Waals surface area (Å²) in [5, 5.41) is 0. The zero-order valence-corrected chi connectivity index (χ0v) is 11.7. The second kappa shape index (κ2) is 3.67. The summed E-state index contributed by atoms with van der Waals surface area (Å²) in [5.74, 6) is 0.549. The standard InChI is InChI=1S/C16H10FI/c17-13-5-9-1-3-11-7-14(18)8-12-4-2-10(6-13)15(9)16(11)12/h1-8,15-16H. The van der Waals surface area contributed by atoms with Crippen LogP contribution < -0.4 is 0 Å². The Morgan fingerprint density at radius 1 is 0.778 bits per heavy atom. The lowest BCUT2D eigenvalue weighted by atomic mass is 9.64. The van der Waals surface area contributed by atoms with Crippen molar-refractivity contribution in [1.82, 2.24) is 0 Å². The van der Waals surface area contributed by atoms with Gasteiger partial charge in [-0.05, 0) is 69.2 Å². The van der Waals surface area contributed by atoms with Crippen LogP contribution in [0.15, 0.2) is 80.3 Å². The fraction of sp³-hybridized carbons (Fsp3) is 0.125. The lowest BCUT2D eigenvalue weighted by Gasteiger charge is -2.39. The van der Waals surface area contributed by atoms with Crippen LogP contribution in [0.5, 0.6) is 0 Å². The van der Waals surface area contributed by atoms with Crippen LogP contribution >= 0.6 is 22.6 Å². The minimum absolute atomic E-state index is 0.137. The van der Waals surface area contributed by atoms with E-state index in [2.05, 4.69) is 59.0 Å². The molecule has 0 saturated heterocycles. The highest BCUT2D eigenvalue weighted by Crippen LogP contribution is 2.50. The fourth-order valence-electron chi connectivity index (χ4n) is 3.23. The molecule has 2 heteroatoms. The van der Waals surface area contributed by atoms with Crippen molar-refractivity contribution in [1.29, 1.82) is 0 Å². The molecule has 4 aliphatic rings. The van der Waals surface area contributed by atoms with Crippen LogP contribution in [0.3, 0.4) is 0 Å². The van der Waals surface area contributed by atoms with Crippen molar-refractivity contribution in [2.24, 2.45) is 11.8 Å². The van der Waals surface area contributed by atoms with Gasteiger partial charge in [-0.25, -0.2) is 4.39 Å². The van der Waals surface area contributed by atoms with Crippen molar-refractivity contribution in [3.63, 3.8) is 0 Å².